The molecule has 0 bridgehead atoms. The SMILES string of the molecule is COc1ccc([C@H]2N=C2c2cc(OC)c(OC)c(OC)c2)cc1F. The third kappa shape index (κ3) is 2.75. The summed E-state index contributed by atoms with van der Waals surface area (Å²) in [4.78, 5) is 4.46. The van der Waals surface area contributed by atoms with Crippen LogP contribution in [-0.4, -0.2) is 34.2 Å². The van der Waals surface area contributed by atoms with E-state index in [1.165, 1.54) is 13.2 Å². The van der Waals surface area contributed by atoms with Gasteiger partial charge in [-0.05, 0) is 29.8 Å². The van der Waals surface area contributed by atoms with Gasteiger partial charge in [0.05, 0.1) is 34.2 Å². The van der Waals surface area contributed by atoms with E-state index in [2.05, 4.69) is 4.99 Å². The first-order valence-electron chi connectivity index (χ1n) is 7.34. The fourth-order valence-electron chi connectivity index (χ4n) is 2.65. The van der Waals surface area contributed by atoms with Gasteiger partial charge in [0.2, 0.25) is 5.75 Å². The van der Waals surface area contributed by atoms with Crippen LogP contribution < -0.4 is 18.9 Å². The van der Waals surface area contributed by atoms with Crippen LogP contribution in [0.15, 0.2) is 35.3 Å². The minimum Gasteiger partial charge on any atom is -0.494 e. The monoisotopic (exact) mass is 331 g/mol. The summed E-state index contributed by atoms with van der Waals surface area (Å²) in [6.07, 6.45) is 0. The fourth-order valence-corrected chi connectivity index (χ4v) is 2.65. The van der Waals surface area contributed by atoms with Crippen LogP contribution in [0.2, 0.25) is 0 Å². The molecule has 1 heterocycles. The molecular weight excluding hydrogens is 313 g/mol. The van der Waals surface area contributed by atoms with Gasteiger partial charge >= 0.3 is 0 Å². The molecule has 0 saturated heterocycles. The molecule has 0 amide bonds. The summed E-state index contributed by atoms with van der Waals surface area (Å²) in [5.41, 5.74) is 2.47. The number of nitrogens with zero attached hydrogens (tertiary/aromatic N) is 1. The minimum atomic E-state index is -0.402. The van der Waals surface area contributed by atoms with E-state index in [0.29, 0.717) is 17.2 Å². The summed E-state index contributed by atoms with van der Waals surface area (Å²) in [7, 11) is 6.11. The largest absolute Gasteiger partial charge is 0.494 e. The highest BCUT2D eigenvalue weighted by Gasteiger charge is 2.32. The molecule has 0 aliphatic carbocycles. The van der Waals surface area contributed by atoms with Crippen molar-refractivity contribution >= 4 is 5.71 Å². The van der Waals surface area contributed by atoms with Crippen molar-refractivity contribution < 1.29 is 23.3 Å². The van der Waals surface area contributed by atoms with E-state index in [-0.39, 0.29) is 11.8 Å². The molecule has 0 unspecified atom stereocenters. The Morgan fingerprint density at radius 2 is 1.46 bits per heavy atom. The highest BCUT2D eigenvalue weighted by atomic mass is 19.1. The van der Waals surface area contributed by atoms with Crippen LogP contribution in [-0.2, 0) is 0 Å². The molecule has 0 N–H and O–H groups in total. The van der Waals surface area contributed by atoms with Crippen LogP contribution in [0.4, 0.5) is 4.39 Å². The molecule has 3 rings (SSSR count). The predicted molar refractivity (Wildman–Crippen MR) is 88.3 cm³/mol. The van der Waals surface area contributed by atoms with Gasteiger partial charge in [0, 0.05) is 5.56 Å². The molecule has 24 heavy (non-hydrogen) atoms. The van der Waals surface area contributed by atoms with E-state index in [0.717, 1.165) is 16.8 Å². The number of methoxy groups -OCH3 is 4. The number of rotatable bonds is 6. The van der Waals surface area contributed by atoms with Crippen molar-refractivity contribution in [2.75, 3.05) is 28.4 Å². The third-order valence-corrected chi connectivity index (χ3v) is 3.91. The van der Waals surface area contributed by atoms with Gasteiger partial charge in [-0.15, -0.1) is 0 Å². The molecule has 2 aromatic rings. The molecule has 126 valence electrons. The molecule has 2 aromatic carbocycles. The second-order valence-electron chi connectivity index (χ2n) is 5.22. The van der Waals surface area contributed by atoms with E-state index in [1.807, 2.05) is 12.1 Å². The zero-order valence-corrected chi connectivity index (χ0v) is 13.9. The molecule has 0 saturated carbocycles. The number of halogens is 1. The molecule has 0 fully saturated rings. The van der Waals surface area contributed by atoms with Crippen molar-refractivity contribution in [2.24, 2.45) is 4.99 Å². The Morgan fingerprint density at radius 3 is 1.96 bits per heavy atom. The van der Waals surface area contributed by atoms with Crippen molar-refractivity contribution in [1.82, 2.24) is 0 Å². The molecule has 0 aromatic heterocycles. The third-order valence-electron chi connectivity index (χ3n) is 3.91. The molecule has 6 heteroatoms. The zero-order valence-electron chi connectivity index (χ0n) is 13.9. The molecule has 5 nitrogen and oxygen atoms in total. The summed E-state index contributed by atoms with van der Waals surface area (Å²) >= 11 is 0. The van der Waals surface area contributed by atoms with Gasteiger partial charge in [-0.1, -0.05) is 6.07 Å². The molecular formula is C18H18FNO4. The second kappa shape index (κ2) is 6.39. The molecule has 1 aliphatic rings. The molecule has 0 radical (unpaired) electrons. The molecule has 1 atom stereocenters. The summed E-state index contributed by atoms with van der Waals surface area (Å²) < 4.78 is 34.8. The topological polar surface area (TPSA) is 49.3 Å². The quantitative estimate of drug-likeness (QED) is 0.814. The van der Waals surface area contributed by atoms with E-state index < -0.39 is 5.82 Å². The van der Waals surface area contributed by atoms with E-state index in [9.17, 15) is 4.39 Å². The Kier molecular flexibility index (Phi) is 4.29. The Hall–Kier alpha value is -2.76. The first kappa shape index (κ1) is 16.1. The number of hydrogen-bond donors (Lipinski definition) is 0. The number of benzene rings is 2. The van der Waals surface area contributed by atoms with Crippen molar-refractivity contribution in [1.29, 1.82) is 0 Å². The maximum atomic E-state index is 13.9. The lowest BCUT2D eigenvalue weighted by Gasteiger charge is -2.13. The van der Waals surface area contributed by atoms with Crippen LogP contribution in [0, 0.1) is 5.82 Å². The Morgan fingerprint density at radius 1 is 0.833 bits per heavy atom. The Balaban J connectivity index is 1.89. The van der Waals surface area contributed by atoms with Crippen molar-refractivity contribution in [3.05, 3.63) is 47.3 Å². The first-order valence-corrected chi connectivity index (χ1v) is 7.34. The predicted octanol–water partition coefficient (Wildman–Crippen LogP) is 3.40. The van der Waals surface area contributed by atoms with Crippen LogP contribution in [0.1, 0.15) is 17.2 Å². The molecule has 0 spiro atoms. The van der Waals surface area contributed by atoms with Gasteiger partial charge in [0.25, 0.3) is 0 Å². The lowest BCUT2D eigenvalue weighted by Crippen LogP contribution is -2.00. The van der Waals surface area contributed by atoms with Crippen LogP contribution in [0.5, 0.6) is 23.0 Å². The van der Waals surface area contributed by atoms with Crippen LogP contribution >= 0.6 is 0 Å². The van der Waals surface area contributed by atoms with Crippen LogP contribution in [0.3, 0.4) is 0 Å². The maximum Gasteiger partial charge on any atom is 0.203 e. The first-order chi connectivity index (χ1) is 11.6. The lowest BCUT2D eigenvalue weighted by atomic mass is 10.0. The van der Waals surface area contributed by atoms with Crippen molar-refractivity contribution in [3.8, 4) is 23.0 Å². The van der Waals surface area contributed by atoms with Crippen molar-refractivity contribution in [3.63, 3.8) is 0 Å². The number of ether oxygens (including phenoxy) is 4. The van der Waals surface area contributed by atoms with E-state index in [1.54, 1.807) is 33.5 Å². The standard InChI is InChI=1S/C18H18FNO4/c1-21-13-6-5-10(7-12(13)19)16-17(20-16)11-8-14(22-2)18(24-4)15(9-11)23-3/h5-9,16H,1-4H3/t16-/m1/s1. The smallest absolute Gasteiger partial charge is 0.203 e. The summed E-state index contributed by atoms with van der Waals surface area (Å²) in [6.45, 7) is 0. The van der Waals surface area contributed by atoms with Gasteiger partial charge in [0.15, 0.2) is 23.1 Å². The minimum absolute atomic E-state index is 0.173. The summed E-state index contributed by atoms with van der Waals surface area (Å²) in [6, 6.07) is 8.35. The molecule has 1 aliphatic heterocycles. The zero-order chi connectivity index (χ0) is 17.3. The normalized spacial score (nSPS) is 15.5. The van der Waals surface area contributed by atoms with Gasteiger partial charge in [-0.25, -0.2) is 4.39 Å². The fraction of sp³-hybridized carbons (Fsp3) is 0.278. The Labute approximate surface area is 139 Å². The number of hydrogen-bond acceptors (Lipinski definition) is 5. The Bertz CT molecular complexity index is 779. The number of aliphatic imine (C=N–C) groups is 1. The van der Waals surface area contributed by atoms with E-state index in [4.69, 9.17) is 18.9 Å². The average molecular weight is 331 g/mol. The highest BCUT2D eigenvalue weighted by molar-refractivity contribution is 6.14. The van der Waals surface area contributed by atoms with Gasteiger partial charge < -0.3 is 18.9 Å². The average Bonchev–Trinajstić information content (AvgIpc) is 3.41. The lowest BCUT2D eigenvalue weighted by molar-refractivity contribution is 0.324. The highest BCUT2D eigenvalue weighted by Crippen LogP contribution is 2.43. The van der Waals surface area contributed by atoms with Crippen LogP contribution in [0.25, 0.3) is 0 Å². The maximum absolute atomic E-state index is 13.9. The van der Waals surface area contributed by atoms with Crippen molar-refractivity contribution in [2.45, 2.75) is 6.04 Å². The van der Waals surface area contributed by atoms with Gasteiger partial charge in [-0.3, -0.25) is 4.99 Å². The van der Waals surface area contributed by atoms with E-state index >= 15 is 0 Å². The summed E-state index contributed by atoms with van der Waals surface area (Å²) in [5.74, 6) is 1.45. The van der Waals surface area contributed by atoms with Gasteiger partial charge in [-0.2, -0.15) is 0 Å². The van der Waals surface area contributed by atoms with Gasteiger partial charge in [0.1, 0.15) is 6.04 Å². The second-order valence-corrected chi connectivity index (χ2v) is 5.22. The summed E-state index contributed by atoms with van der Waals surface area (Å²) in [5, 5.41) is 0.